The number of nitrogens with two attached hydrogens (primary N) is 1. The maximum absolute atomic E-state index is 5.62. The number of aromatic nitrogens is 4. The predicted molar refractivity (Wildman–Crippen MR) is 82.7 cm³/mol. The SMILES string of the molecule is CC(Nc1ncnc2c1cnn2C)c1ccc(CN)cc1. The van der Waals surface area contributed by atoms with Gasteiger partial charge in [-0.3, -0.25) is 4.68 Å². The summed E-state index contributed by atoms with van der Waals surface area (Å²) in [6.07, 6.45) is 3.33. The fraction of sp³-hybridized carbons (Fsp3) is 0.267. The lowest BCUT2D eigenvalue weighted by molar-refractivity contribution is 0.785. The zero-order valence-electron chi connectivity index (χ0n) is 12.1. The molecule has 1 unspecified atom stereocenters. The zero-order chi connectivity index (χ0) is 14.8. The molecule has 0 aliphatic rings. The summed E-state index contributed by atoms with van der Waals surface area (Å²) in [5.41, 5.74) is 8.75. The summed E-state index contributed by atoms with van der Waals surface area (Å²) >= 11 is 0. The maximum Gasteiger partial charge on any atom is 0.163 e. The highest BCUT2D eigenvalue weighted by atomic mass is 15.3. The van der Waals surface area contributed by atoms with Crippen molar-refractivity contribution in [1.82, 2.24) is 19.7 Å². The zero-order valence-corrected chi connectivity index (χ0v) is 12.1. The van der Waals surface area contributed by atoms with Crippen LogP contribution in [0.15, 0.2) is 36.8 Å². The third-order valence-corrected chi connectivity index (χ3v) is 3.60. The van der Waals surface area contributed by atoms with Gasteiger partial charge in [-0.05, 0) is 18.1 Å². The molecule has 2 aromatic heterocycles. The van der Waals surface area contributed by atoms with Crippen LogP contribution in [0.1, 0.15) is 24.1 Å². The number of hydrogen-bond acceptors (Lipinski definition) is 5. The second kappa shape index (κ2) is 5.49. The first-order valence-electron chi connectivity index (χ1n) is 6.87. The van der Waals surface area contributed by atoms with E-state index < -0.39 is 0 Å². The molecular formula is C15H18N6. The molecular weight excluding hydrogens is 264 g/mol. The topological polar surface area (TPSA) is 81.7 Å². The average molecular weight is 282 g/mol. The monoisotopic (exact) mass is 282 g/mol. The molecule has 0 aliphatic heterocycles. The molecule has 0 spiro atoms. The summed E-state index contributed by atoms with van der Waals surface area (Å²) in [6, 6.07) is 8.40. The number of nitrogens with one attached hydrogen (secondary N) is 1. The van der Waals surface area contributed by atoms with Crippen LogP contribution in [0.5, 0.6) is 0 Å². The molecule has 2 heterocycles. The minimum Gasteiger partial charge on any atom is -0.363 e. The highest BCUT2D eigenvalue weighted by Crippen LogP contribution is 2.23. The number of anilines is 1. The molecule has 0 amide bonds. The maximum atomic E-state index is 5.62. The Hall–Kier alpha value is -2.47. The summed E-state index contributed by atoms with van der Waals surface area (Å²) < 4.78 is 1.74. The molecule has 0 radical (unpaired) electrons. The largest absolute Gasteiger partial charge is 0.363 e. The summed E-state index contributed by atoms with van der Waals surface area (Å²) in [4.78, 5) is 8.56. The molecule has 108 valence electrons. The van der Waals surface area contributed by atoms with E-state index >= 15 is 0 Å². The lowest BCUT2D eigenvalue weighted by Gasteiger charge is -2.15. The van der Waals surface area contributed by atoms with E-state index in [4.69, 9.17) is 5.73 Å². The minimum absolute atomic E-state index is 0.134. The van der Waals surface area contributed by atoms with Crippen LogP contribution in [0.4, 0.5) is 5.82 Å². The van der Waals surface area contributed by atoms with Crippen LogP contribution in [0, 0.1) is 0 Å². The van der Waals surface area contributed by atoms with Crippen molar-refractivity contribution in [2.24, 2.45) is 12.8 Å². The first kappa shape index (κ1) is 13.5. The van der Waals surface area contributed by atoms with Crippen molar-refractivity contribution in [2.45, 2.75) is 19.5 Å². The van der Waals surface area contributed by atoms with Gasteiger partial charge >= 0.3 is 0 Å². The number of benzene rings is 1. The van der Waals surface area contributed by atoms with Gasteiger partial charge in [-0.2, -0.15) is 5.10 Å². The van der Waals surface area contributed by atoms with Crippen LogP contribution in [0.3, 0.4) is 0 Å². The second-order valence-electron chi connectivity index (χ2n) is 5.04. The molecule has 21 heavy (non-hydrogen) atoms. The van der Waals surface area contributed by atoms with Gasteiger partial charge in [0.2, 0.25) is 0 Å². The first-order valence-corrected chi connectivity index (χ1v) is 6.87. The molecule has 0 bridgehead atoms. The fourth-order valence-electron chi connectivity index (χ4n) is 2.31. The smallest absolute Gasteiger partial charge is 0.163 e. The van der Waals surface area contributed by atoms with Crippen LogP contribution in [-0.4, -0.2) is 19.7 Å². The summed E-state index contributed by atoms with van der Waals surface area (Å²) in [5.74, 6) is 0.795. The Morgan fingerprint density at radius 3 is 2.71 bits per heavy atom. The van der Waals surface area contributed by atoms with Crippen molar-refractivity contribution in [1.29, 1.82) is 0 Å². The number of fused-ring (bicyclic) bond motifs is 1. The van der Waals surface area contributed by atoms with Crippen molar-refractivity contribution < 1.29 is 0 Å². The van der Waals surface area contributed by atoms with Gasteiger partial charge in [0.05, 0.1) is 11.6 Å². The van der Waals surface area contributed by atoms with Crippen LogP contribution >= 0.6 is 0 Å². The van der Waals surface area contributed by atoms with Crippen molar-refractivity contribution in [2.75, 3.05) is 5.32 Å². The molecule has 0 saturated heterocycles. The van der Waals surface area contributed by atoms with E-state index in [1.807, 2.05) is 19.2 Å². The normalized spacial score (nSPS) is 12.5. The van der Waals surface area contributed by atoms with Gasteiger partial charge in [-0.25, -0.2) is 9.97 Å². The fourth-order valence-corrected chi connectivity index (χ4v) is 2.31. The summed E-state index contributed by atoms with van der Waals surface area (Å²) in [5, 5.41) is 8.56. The van der Waals surface area contributed by atoms with Gasteiger partial charge in [-0.15, -0.1) is 0 Å². The van der Waals surface area contributed by atoms with E-state index in [-0.39, 0.29) is 6.04 Å². The van der Waals surface area contributed by atoms with Gasteiger partial charge in [0.15, 0.2) is 5.65 Å². The Morgan fingerprint density at radius 1 is 1.24 bits per heavy atom. The van der Waals surface area contributed by atoms with Gasteiger partial charge in [0.25, 0.3) is 0 Å². The third kappa shape index (κ3) is 2.57. The van der Waals surface area contributed by atoms with Crippen LogP contribution in [0.2, 0.25) is 0 Å². The molecule has 0 aliphatic carbocycles. The molecule has 3 rings (SSSR count). The van der Waals surface area contributed by atoms with E-state index in [1.54, 1.807) is 17.2 Å². The Bertz CT molecular complexity index is 746. The molecule has 0 saturated carbocycles. The van der Waals surface area contributed by atoms with Crippen LogP contribution < -0.4 is 11.1 Å². The van der Waals surface area contributed by atoms with E-state index in [2.05, 4.69) is 39.4 Å². The Balaban J connectivity index is 1.87. The molecule has 3 N–H and O–H groups in total. The van der Waals surface area contributed by atoms with E-state index in [0.717, 1.165) is 22.4 Å². The lowest BCUT2D eigenvalue weighted by Crippen LogP contribution is -2.09. The van der Waals surface area contributed by atoms with E-state index in [1.165, 1.54) is 5.56 Å². The van der Waals surface area contributed by atoms with E-state index in [0.29, 0.717) is 6.54 Å². The van der Waals surface area contributed by atoms with Gasteiger partial charge < -0.3 is 11.1 Å². The number of hydrogen-bond donors (Lipinski definition) is 2. The van der Waals surface area contributed by atoms with Crippen molar-refractivity contribution >= 4 is 16.9 Å². The van der Waals surface area contributed by atoms with Gasteiger partial charge in [-0.1, -0.05) is 24.3 Å². The standard InChI is InChI=1S/C15H18N6/c1-10(12-5-3-11(7-16)4-6-12)20-14-13-8-19-21(2)15(13)18-9-17-14/h3-6,8-10H,7,16H2,1-2H3,(H,17,18,20). The Morgan fingerprint density at radius 2 is 2.00 bits per heavy atom. The van der Waals surface area contributed by atoms with Crippen molar-refractivity contribution in [3.8, 4) is 0 Å². The highest BCUT2D eigenvalue weighted by molar-refractivity contribution is 5.86. The Kier molecular flexibility index (Phi) is 3.53. The highest BCUT2D eigenvalue weighted by Gasteiger charge is 2.11. The second-order valence-corrected chi connectivity index (χ2v) is 5.04. The number of nitrogens with zero attached hydrogens (tertiary/aromatic N) is 4. The molecule has 0 fully saturated rings. The average Bonchev–Trinajstić information content (AvgIpc) is 2.90. The van der Waals surface area contributed by atoms with Gasteiger partial charge in [0, 0.05) is 19.6 Å². The molecule has 1 aromatic carbocycles. The Labute approximate surface area is 123 Å². The summed E-state index contributed by atoms with van der Waals surface area (Å²) in [6.45, 7) is 2.66. The number of rotatable bonds is 4. The lowest BCUT2D eigenvalue weighted by atomic mass is 10.1. The minimum atomic E-state index is 0.134. The van der Waals surface area contributed by atoms with Crippen LogP contribution in [-0.2, 0) is 13.6 Å². The molecule has 6 nitrogen and oxygen atoms in total. The predicted octanol–water partition coefficient (Wildman–Crippen LogP) is 2.00. The molecule has 6 heteroatoms. The van der Waals surface area contributed by atoms with Crippen molar-refractivity contribution in [3.63, 3.8) is 0 Å². The number of aryl methyl sites for hydroxylation is 1. The van der Waals surface area contributed by atoms with Crippen LogP contribution in [0.25, 0.3) is 11.0 Å². The van der Waals surface area contributed by atoms with Gasteiger partial charge in [0.1, 0.15) is 12.1 Å². The molecule has 1 atom stereocenters. The quantitative estimate of drug-likeness (QED) is 0.765. The summed E-state index contributed by atoms with van der Waals surface area (Å²) in [7, 11) is 1.87. The van der Waals surface area contributed by atoms with E-state index in [9.17, 15) is 0 Å². The van der Waals surface area contributed by atoms with Crippen molar-refractivity contribution in [3.05, 3.63) is 47.9 Å². The third-order valence-electron chi connectivity index (χ3n) is 3.60. The molecule has 3 aromatic rings. The first-order chi connectivity index (χ1) is 10.2.